The van der Waals surface area contributed by atoms with Gasteiger partial charge in [0.2, 0.25) is 5.91 Å². The number of hydrogen-bond acceptors (Lipinski definition) is 4. The summed E-state index contributed by atoms with van der Waals surface area (Å²) in [6.45, 7) is 4.28. The van der Waals surface area contributed by atoms with Gasteiger partial charge >= 0.3 is 0 Å². The SMILES string of the molecule is CCc1nn(C(C)C(=O)NCCC2=CCCCC2)c(=O)c2cc3occc3n12. The van der Waals surface area contributed by atoms with E-state index in [1.54, 1.807) is 19.3 Å². The molecule has 1 atom stereocenters. The number of fused-ring (bicyclic) bond motifs is 3. The highest BCUT2D eigenvalue weighted by Gasteiger charge is 2.22. The van der Waals surface area contributed by atoms with Crippen molar-refractivity contribution in [2.45, 2.75) is 58.4 Å². The van der Waals surface area contributed by atoms with Crippen molar-refractivity contribution in [3.05, 3.63) is 46.2 Å². The van der Waals surface area contributed by atoms with Crippen molar-refractivity contribution < 1.29 is 9.21 Å². The van der Waals surface area contributed by atoms with E-state index < -0.39 is 6.04 Å². The van der Waals surface area contributed by atoms with Gasteiger partial charge in [-0.2, -0.15) is 5.10 Å². The van der Waals surface area contributed by atoms with E-state index in [-0.39, 0.29) is 11.5 Å². The van der Waals surface area contributed by atoms with Gasteiger partial charge in [-0.05, 0) is 39.0 Å². The van der Waals surface area contributed by atoms with Crippen LogP contribution in [0.15, 0.2) is 39.3 Å². The lowest BCUT2D eigenvalue weighted by Gasteiger charge is -2.17. The van der Waals surface area contributed by atoms with E-state index in [1.807, 2.05) is 17.4 Å². The fourth-order valence-electron chi connectivity index (χ4n) is 3.92. The second-order valence-electron chi connectivity index (χ2n) is 7.38. The first-order valence-corrected chi connectivity index (χ1v) is 10.1. The van der Waals surface area contributed by atoms with Crippen LogP contribution in [0.2, 0.25) is 0 Å². The molecule has 0 fully saturated rings. The minimum absolute atomic E-state index is 0.187. The van der Waals surface area contributed by atoms with Gasteiger partial charge in [-0.3, -0.25) is 14.0 Å². The van der Waals surface area contributed by atoms with Crippen molar-refractivity contribution >= 4 is 22.5 Å². The number of aromatic nitrogens is 3. The molecule has 0 bridgehead atoms. The molecule has 3 aromatic heterocycles. The Morgan fingerprint density at radius 3 is 2.96 bits per heavy atom. The molecule has 0 spiro atoms. The van der Waals surface area contributed by atoms with Crippen LogP contribution in [0.3, 0.4) is 0 Å². The molecule has 148 valence electrons. The van der Waals surface area contributed by atoms with E-state index in [9.17, 15) is 9.59 Å². The molecule has 1 unspecified atom stereocenters. The average Bonchev–Trinajstić information content (AvgIpc) is 3.31. The standard InChI is InChI=1S/C21H26N4O3/c1-3-19-23-25(21(27)17-13-18-16(24(17)19)10-12-28-18)14(2)20(26)22-11-9-15-7-5-4-6-8-15/h7,10,12-14H,3-6,8-9,11H2,1-2H3,(H,22,26). The van der Waals surface area contributed by atoms with Gasteiger partial charge in [-0.1, -0.05) is 18.6 Å². The number of hydrogen-bond donors (Lipinski definition) is 1. The summed E-state index contributed by atoms with van der Waals surface area (Å²) in [5, 5.41) is 7.45. The highest BCUT2D eigenvalue weighted by Crippen LogP contribution is 2.21. The maximum Gasteiger partial charge on any atom is 0.291 e. The van der Waals surface area contributed by atoms with Crippen LogP contribution in [-0.4, -0.2) is 26.6 Å². The minimum atomic E-state index is -0.677. The van der Waals surface area contributed by atoms with Gasteiger partial charge in [0.25, 0.3) is 5.56 Å². The van der Waals surface area contributed by atoms with Gasteiger partial charge in [0.15, 0.2) is 5.58 Å². The van der Waals surface area contributed by atoms with E-state index in [4.69, 9.17) is 4.42 Å². The lowest BCUT2D eigenvalue weighted by atomic mass is 9.97. The van der Waals surface area contributed by atoms with Crippen molar-refractivity contribution in [1.82, 2.24) is 19.5 Å². The van der Waals surface area contributed by atoms with Crippen LogP contribution >= 0.6 is 0 Å². The van der Waals surface area contributed by atoms with Crippen LogP contribution in [0.4, 0.5) is 0 Å². The zero-order valence-electron chi connectivity index (χ0n) is 16.4. The van der Waals surface area contributed by atoms with Crippen LogP contribution in [0.5, 0.6) is 0 Å². The summed E-state index contributed by atoms with van der Waals surface area (Å²) < 4.78 is 8.55. The maximum absolute atomic E-state index is 13.0. The first kappa shape index (κ1) is 18.5. The largest absolute Gasteiger partial charge is 0.463 e. The molecule has 1 aliphatic rings. The fraction of sp³-hybridized carbons (Fsp3) is 0.476. The van der Waals surface area contributed by atoms with Crippen LogP contribution in [0.25, 0.3) is 16.6 Å². The Morgan fingerprint density at radius 1 is 1.36 bits per heavy atom. The number of aryl methyl sites for hydroxylation is 1. The van der Waals surface area contributed by atoms with Gasteiger partial charge in [-0.25, -0.2) is 4.68 Å². The number of furan rings is 1. The molecule has 0 radical (unpaired) electrons. The van der Waals surface area contributed by atoms with Gasteiger partial charge < -0.3 is 9.73 Å². The molecule has 28 heavy (non-hydrogen) atoms. The molecule has 0 aromatic carbocycles. The molecule has 1 N–H and O–H groups in total. The molecule has 3 heterocycles. The molecular weight excluding hydrogens is 356 g/mol. The third-order valence-corrected chi connectivity index (χ3v) is 5.52. The summed E-state index contributed by atoms with van der Waals surface area (Å²) in [6, 6.07) is 2.86. The number of nitrogens with zero attached hydrogens (tertiary/aromatic N) is 3. The Bertz CT molecular complexity index is 1100. The summed E-state index contributed by atoms with van der Waals surface area (Å²) in [5.41, 5.74) is 3.07. The molecule has 1 aliphatic carbocycles. The van der Waals surface area contributed by atoms with Gasteiger partial charge in [0.1, 0.15) is 17.4 Å². The number of carbonyl (C=O) groups excluding carboxylic acids is 1. The zero-order valence-corrected chi connectivity index (χ0v) is 16.4. The normalized spacial score (nSPS) is 15.7. The summed E-state index contributed by atoms with van der Waals surface area (Å²) >= 11 is 0. The second kappa shape index (κ2) is 7.66. The molecule has 0 saturated carbocycles. The monoisotopic (exact) mass is 382 g/mol. The van der Waals surface area contributed by atoms with Crippen LogP contribution in [0.1, 0.15) is 57.8 Å². The van der Waals surface area contributed by atoms with Crippen LogP contribution < -0.4 is 10.9 Å². The van der Waals surface area contributed by atoms with Crippen molar-refractivity contribution in [2.24, 2.45) is 0 Å². The van der Waals surface area contributed by atoms with E-state index in [0.717, 1.165) is 30.6 Å². The number of rotatable bonds is 6. The number of nitrogens with one attached hydrogen (secondary N) is 1. The minimum Gasteiger partial charge on any atom is -0.463 e. The lowest BCUT2D eigenvalue weighted by Crippen LogP contribution is -2.38. The van der Waals surface area contributed by atoms with Gasteiger partial charge in [0, 0.05) is 25.1 Å². The lowest BCUT2D eigenvalue weighted by molar-refractivity contribution is -0.124. The Hall–Kier alpha value is -2.83. The molecular formula is C21H26N4O3. The molecule has 3 aromatic rings. The summed E-state index contributed by atoms with van der Waals surface area (Å²) in [6.07, 6.45) is 10.1. The Labute approximate surface area is 163 Å². The van der Waals surface area contributed by atoms with Gasteiger partial charge in [-0.15, -0.1) is 0 Å². The van der Waals surface area contributed by atoms with E-state index >= 15 is 0 Å². The molecule has 0 saturated heterocycles. The average molecular weight is 382 g/mol. The van der Waals surface area contributed by atoms with E-state index in [0.29, 0.717) is 24.1 Å². The van der Waals surface area contributed by atoms with Crippen LogP contribution in [0, 0.1) is 0 Å². The number of allylic oxidation sites excluding steroid dienone is 1. The highest BCUT2D eigenvalue weighted by molar-refractivity contribution is 5.83. The molecule has 7 heteroatoms. The second-order valence-corrected chi connectivity index (χ2v) is 7.38. The topological polar surface area (TPSA) is 81.5 Å². The summed E-state index contributed by atoms with van der Waals surface area (Å²) in [5.74, 6) is 0.533. The Morgan fingerprint density at radius 2 is 2.21 bits per heavy atom. The van der Waals surface area contributed by atoms with Crippen LogP contribution in [-0.2, 0) is 11.2 Å². The predicted molar refractivity (Wildman–Crippen MR) is 107 cm³/mol. The number of carbonyl (C=O) groups is 1. The zero-order chi connectivity index (χ0) is 19.7. The van der Waals surface area contributed by atoms with Crippen molar-refractivity contribution in [3.63, 3.8) is 0 Å². The summed E-state index contributed by atoms with van der Waals surface area (Å²) in [4.78, 5) is 25.6. The predicted octanol–water partition coefficient (Wildman–Crippen LogP) is 3.37. The Balaban J connectivity index is 1.57. The fourth-order valence-corrected chi connectivity index (χ4v) is 3.92. The van der Waals surface area contributed by atoms with Crippen molar-refractivity contribution in [1.29, 1.82) is 0 Å². The van der Waals surface area contributed by atoms with E-state index in [2.05, 4.69) is 16.5 Å². The highest BCUT2D eigenvalue weighted by atomic mass is 16.3. The van der Waals surface area contributed by atoms with Gasteiger partial charge in [0.05, 0.1) is 11.8 Å². The van der Waals surface area contributed by atoms with Crippen molar-refractivity contribution in [3.8, 4) is 0 Å². The maximum atomic E-state index is 13.0. The smallest absolute Gasteiger partial charge is 0.291 e. The Kier molecular flexibility index (Phi) is 5.07. The molecule has 7 nitrogen and oxygen atoms in total. The first-order valence-electron chi connectivity index (χ1n) is 10.1. The third kappa shape index (κ3) is 3.25. The third-order valence-electron chi connectivity index (χ3n) is 5.52. The summed E-state index contributed by atoms with van der Waals surface area (Å²) in [7, 11) is 0. The quantitative estimate of drug-likeness (QED) is 0.663. The first-order chi connectivity index (χ1) is 13.6. The molecule has 1 amide bonds. The van der Waals surface area contributed by atoms with Crippen molar-refractivity contribution in [2.75, 3.05) is 6.54 Å². The number of amides is 1. The molecule has 0 aliphatic heterocycles. The molecule has 4 rings (SSSR count). The van der Waals surface area contributed by atoms with E-state index in [1.165, 1.54) is 23.1 Å².